The minimum Gasteiger partial charge on any atom is -0.498 e. The van der Waals surface area contributed by atoms with E-state index >= 15 is 0 Å². The highest BCUT2D eigenvalue weighted by molar-refractivity contribution is 5.77. The molecule has 0 amide bonds. The highest BCUT2D eigenvalue weighted by Gasteiger charge is 2.02. The molecule has 6 nitrogen and oxygen atoms in total. The Morgan fingerprint density at radius 3 is 2.09 bits per heavy atom. The molecule has 0 bridgehead atoms. The van der Waals surface area contributed by atoms with Gasteiger partial charge >= 0.3 is 0 Å². The average Bonchev–Trinajstić information content (AvgIpc) is 3.01. The highest BCUT2D eigenvalue weighted by atomic mass is 16.5. The van der Waals surface area contributed by atoms with Crippen LogP contribution in [0.5, 0.6) is 5.75 Å². The van der Waals surface area contributed by atoms with Gasteiger partial charge in [0.1, 0.15) is 5.75 Å². The standard InChI is InChI=1S/C26H38N4O2/c27-25(28)17-12-21-7-6-8-23(14-9-21)31-19-4-2-1-3-5-20-32-24-15-10-22(11-16-24)13-18-26(29)30/h6-7,9-11,14-16H,1-5,8,12-13,17-20H2,(H3,27,28)(H3,29,30). The van der Waals surface area contributed by atoms with Crippen LogP contribution in [-0.2, 0) is 11.2 Å². The molecule has 6 N–H and O–H groups in total. The van der Waals surface area contributed by atoms with Gasteiger partial charge in [-0.2, -0.15) is 0 Å². The summed E-state index contributed by atoms with van der Waals surface area (Å²) >= 11 is 0. The Hall–Kier alpha value is -3.02. The van der Waals surface area contributed by atoms with Gasteiger partial charge in [0.2, 0.25) is 0 Å². The summed E-state index contributed by atoms with van der Waals surface area (Å²) in [6.07, 6.45) is 17.5. The molecule has 174 valence electrons. The summed E-state index contributed by atoms with van der Waals surface area (Å²) in [5, 5.41) is 14.6. The minimum atomic E-state index is 0.226. The molecule has 6 heteroatoms. The first kappa shape index (κ1) is 25.2. The predicted octanol–water partition coefficient (Wildman–Crippen LogP) is 5.39. The van der Waals surface area contributed by atoms with Crippen molar-refractivity contribution >= 4 is 11.7 Å². The van der Waals surface area contributed by atoms with E-state index in [9.17, 15) is 0 Å². The second kappa shape index (κ2) is 14.9. The smallest absolute Gasteiger partial charge is 0.119 e. The van der Waals surface area contributed by atoms with Crippen LogP contribution in [0.1, 0.15) is 63.4 Å². The van der Waals surface area contributed by atoms with Crippen molar-refractivity contribution in [1.29, 1.82) is 10.8 Å². The van der Waals surface area contributed by atoms with Gasteiger partial charge in [0.15, 0.2) is 0 Å². The molecule has 0 radical (unpaired) electrons. The molecule has 0 atom stereocenters. The molecule has 1 aromatic rings. The van der Waals surface area contributed by atoms with Gasteiger partial charge in [-0.3, -0.25) is 10.8 Å². The molecule has 0 aromatic heterocycles. The number of amidine groups is 2. The lowest BCUT2D eigenvalue weighted by Gasteiger charge is -2.09. The molecule has 32 heavy (non-hydrogen) atoms. The van der Waals surface area contributed by atoms with Crippen LogP contribution in [0.2, 0.25) is 0 Å². The first-order valence-electron chi connectivity index (χ1n) is 11.6. The van der Waals surface area contributed by atoms with Crippen molar-refractivity contribution in [3.8, 4) is 5.75 Å². The fourth-order valence-corrected chi connectivity index (χ4v) is 3.36. The Morgan fingerprint density at radius 1 is 0.781 bits per heavy atom. The van der Waals surface area contributed by atoms with E-state index < -0.39 is 0 Å². The van der Waals surface area contributed by atoms with Gasteiger partial charge in [0, 0.05) is 19.3 Å². The molecule has 1 aromatic carbocycles. The predicted molar refractivity (Wildman–Crippen MR) is 132 cm³/mol. The molecule has 0 saturated carbocycles. The lowest BCUT2D eigenvalue weighted by molar-refractivity contribution is 0.200. The van der Waals surface area contributed by atoms with E-state index in [4.69, 9.17) is 31.8 Å². The maximum absolute atomic E-state index is 7.33. The number of rotatable bonds is 16. The van der Waals surface area contributed by atoms with Gasteiger partial charge in [-0.05, 0) is 55.0 Å². The third-order valence-electron chi connectivity index (χ3n) is 5.27. The fourth-order valence-electron chi connectivity index (χ4n) is 3.36. The number of allylic oxidation sites excluding steroid dienone is 5. The number of aryl methyl sites for hydroxylation is 1. The van der Waals surface area contributed by atoms with Crippen LogP contribution in [0, 0.1) is 10.8 Å². The number of nitrogens with two attached hydrogens (primary N) is 2. The minimum absolute atomic E-state index is 0.226. The lowest BCUT2D eigenvalue weighted by atomic mass is 10.1. The monoisotopic (exact) mass is 438 g/mol. The van der Waals surface area contributed by atoms with Crippen LogP contribution in [0.3, 0.4) is 0 Å². The van der Waals surface area contributed by atoms with Crippen molar-refractivity contribution in [1.82, 2.24) is 0 Å². The van der Waals surface area contributed by atoms with Crippen LogP contribution < -0.4 is 16.2 Å². The van der Waals surface area contributed by atoms with Crippen molar-refractivity contribution in [2.24, 2.45) is 11.5 Å². The van der Waals surface area contributed by atoms with E-state index in [2.05, 4.69) is 18.2 Å². The van der Waals surface area contributed by atoms with Gasteiger partial charge in [-0.1, -0.05) is 49.6 Å². The van der Waals surface area contributed by atoms with Crippen molar-refractivity contribution < 1.29 is 9.47 Å². The SMILES string of the molecule is N=C(N)CCC1=CC=C(OCCCCCCCOc2ccc(CCC(=N)N)cc2)CC=C1. The fraction of sp³-hybridized carbons (Fsp3) is 0.462. The Bertz CT molecular complexity index is 810. The second-order valence-electron chi connectivity index (χ2n) is 8.14. The third kappa shape index (κ3) is 11.4. The van der Waals surface area contributed by atoms with Gasteiger partial charge in [-0.25, -0.2) is 0 Å². The van der Waals surface area contributed by atoms with Crippen molar-refractivity contribution in [2.45, 2.75) is 64.2 Å². The maximum Gasteiger partial charge on any atom is 0.119 e. The number of unbranched alkanes of at least 4 members (excludes halogenated alkanes) is 4. The first-order valence-corrected chi connectivity index (χ1v) is 11.6. The van der Waals surface area contributed by atoms with E-state index in [0.717, 1.165) is 69.7 Å². The zero-order valence-corrected chi connectivity index (χ0v) is 19.1. The summed E-state index contributed by atoms with van der Waals surface area (Å²) in [5.41, 5.74) is 13.2. The summed E-state index contributed by atoms with van der Waals surface area (Å²) in [5.74, 6) is 2.35. The summed E-state index contributed by atoms with van der Waals surface area (Å²) in [7, 11) is 0. The van der Waals surface area contributed by atoms with Crippen LogP contribution >= 0.6 is 0 Å². The van der Waals surface area contributed by atoms with Gasteiger partial charge in [-0.15, -0.1) is 0 Å². The largest absolute Gasteiger partial charge is 0.498 e. The van der Waals surface area contributed by atoms with E-state index in [1.165, 1.54) is 17.6 Å². The van der Waals surface area contributed by atoms with E-state index in [-0.39, 0.29) is 11.7 Å². The molecule has 0 heterocycles. The molecule has 1 aliphatic rings. The van der Waals surface area contributed by atoms with E-state index in [1.807, 2.05) is 30.3 Å². The zero-order valence-electron chi connectivity index (χ0n) is 19.1. The maximum atomic E-state index is 7.33. The number of hydrogen-bond donors (Lipinski definition) is 4. The number of ether oxygens (including phenoxy) is 2. The molecule has 0 aliphatic heterocycles. The van der Waals surface area contributed by atoms with E-state index in [1.54, 1.807) is 0 Å². The van der Waals surface area contributed by atoms with E-state index in [0.29, 0.717) is 12.8 Å². The molecule has 0 unspecified atom stereocenters. The molecule has 0 spiro atoms. The summed E-state index contributed by atoms with van der Waals surface area (Å²) in [4.78, 5) is 0. The second-order valence-corrected chi connectivity index (χ2v) is 8.14. The van der Waals surface area contributed by atoms with Crippen molar-refractivity contribution in [3.63, 3.8) is 0 Å². The lowest BCUT2D eigenvalue weighted by Crippen LogP contribution is -2.10. The van der Waals surface area contributed by atoms with Crippen molar-refractivity contribution in [2.75, 3.05) is 13.2 Å². The first-order chi connectivity index (χ1) is 15.5. The Morgan fingerprint density at radius 2 is 1.41 bits per heavy atom. The van der Waals surface area contributed by atoms with Gasteiger partial charge in [0.05, 0.1) is 30.6 Å². The molecular weight excluding hydrogens is 400 g/mol. The van der Waals surface area contributed by atoms with Crippen LogP contribution in [-0.4, -0.2) is 24.9 Å². The van der Waals surface area contributed by atoms with Gasteiger partial charge in [0.25, 0.3) is 0 Å². The molecule has 0 saturated heterocycles. The average molecular weight is 439 g/mol. The summed E-state index contributed by atoms with van der Waals surface area (Å²) in [6, 6.07) is 8.07. The normalized spacial score (nSPS) is 13.1. The van der Waals surface area contributed by atoms with Crippen LogP contribution in [0.25, 0.3) is 0 Å². The molecular formula is C26H38N4O2. The topological polar surface area (TPSA) is 118 Å². The molecule has 1 aliphatic carbocycles. The number of nitrogens with one attached hydrogen (secondary N) is 2. The Labute approximate surface area is 192 Å². The quantitative estimate of drug-likeness (QED) is 0.157. The van der Waals surface area contributed by atoms with Crippen molar-refractivity contribution in [3.05, 3.63) is 65.5 Å². The van der Waals surface area contributed by atoms with Crippen LogP contribution in [0.15, 0.2) is 59.9 Å². The Balaban J connectivity index is 1.49. The highest BCUT2D eigenvalue weighted by Crippen LogP contribution is 2.17. The number of benzene rings is 1. The summed E-state index contributed by atoms with van der Waals surface area (Å²) in [6.45, 7) is 1.49. The van der Waals surface area contributed by atoms with Crippen LogP contribution in [0.4, 0.5) is 0 Å². The summed E-state index contributed by atoms with van der Waals surface area (Å²) < 4.78 is 11.7. The molecule has 0 fully saturated rings. The van der Waals surface area contributed by atoms with Gasteiger partial charge < -0.3 is 20.9 Å². The third-order valence-corrected chi connectivity index (χ3v) is 5.27. The number of hydrogen-bond acceptors (Lipinski definition) is 4. The zero-order chi connectivity index (χ0) is 23.0. The Kier molecular flexibility index (Phi) is 11.7. The molecule has 2 rings (SSSR count).